The van der Waals surface area contributed by atoms with Gasteiger partial charge in [-0.15, -0.1) is 0 Å². The van der Waals surface area contributed by atoms with Crippen molar-refractivity contribution in [3.05, 3.63) is 0 Å². The topological polar surface area (TPSA) is 0 Å². The average Bonchev–Trinajstić information content (AvgIpc) is 1.35. The van der Waals surface area contributed by atoms with E-state index in [1.165, 1.54) is 0 Å². The van der Waals surface area contributed by atoms with Crippen LogP contribution in [-0.4, -0.2) is 15.0 Å². The molecule has 0 N–H and O–H groups in total. The van der Waals surface area contributed by atoms with Crippen LogP contribution in [0.3, 0.4) is 0 Å². The van der Waals surface area contributed by atoms with Crippen molar-refractivity contribution in [3.63, 3.8) is 0 Å². The number of rotatable bonds is 1. The summed E-state index contributed by atoms with van der Waals surface area (Å²) in [4.78, 5) is 0. The Kier molecular flexibility index (Phi) is 3.64. The minimum atomic E-state index is -2.81. The molecule has 0 aromatic carbocycles. The number of hydrogen-bond donors (Lipinski definition) is 0. The molecule has 0 aliphatic heterocycles. The summed E-state index contributed by atoms with van der Waals surface area (Å²) in [7, 11) is 16.4. The molecule has 0 atom stereocenters. The van der Waals surface area contributed by atoms with E-state index in [1.54, 1.807) is 0 Å². The SMILES string of the molecule is C[CH2][Sn]([Cl])([Cl])[Cl]. The van der Waals surface area contributed by atoms with E-state index >= 15 is 0 Å². The molecule has 0 fully saturated rings. The molecule has 0 amide bonds. The normalized spacial score (nSPS) is 12.0. The third-order valence-corrected chi connectivity index (χ3v) is 8.07. The fraction of sp³-hybridized carbons (Fsp3) is 1.00. The summed E-state index contributed by atoms with van der Waals surface area (Å²) >= 11 is -2.81. The second kappa shape index (κ2) is 2.85. The first-order valence-corrected chi connectivity index (χ1v) is 14.5. The average molecular weight is 254 g/mol. The van der Waals surface area contributed by atoms with Gasteiger partial charge < -0.3 is 0 Å². The molecule has 38 valence electrons. The van der Waals surface area contributed by atoms with Crippen molar-refractivity contribution >= 4 is 41.8 Å². The van der Waals surface area contributed by atoms with E-state index in [-0.39, 0.29) is 0 Å². The van der Waals surface area contributed by atoms with E-state index in [0.29, 0.717) is 0 Å². The van der Waals surface area contributed by atoms with Crippen molar-refractivity contribution < 1.29 is 0 Å². The molecule has 4 heteroatoms. The van der Waals surface area contributed by atoms with Crippen molar-refractivity contribution in [1.82, 2.24) is 0 Å². The summed E-state index contributed by atoms with van der Waals surface area (Å²) in [5.74, 6) is 0. The summed E-state index contributed by atoms with van der Waals surface area (Å²) < 4.78 is 0.777. The molecule has 0 spiro atoms. The summed E-state index contributed by atoms with van der Waals surface area (Å²) in [5, 5.41) is 0. The zero-order valence-electron chi connectivity index (χ0n) is 3.34. The van der Waals surface area contributed by atoms with Crippen molar-refractivity contribution in [2.45, 2.75) is 11.4 Å². The predicted octanol–water partition coefficient (Wildman–Crippen LogP) is 2.66. The van der Waals surface area contributed by atoms with E-state index in [4.69, 9.17) is 26.8 Å². The van der Waals surface area contributed by atoms with Gasteiger partial charge in [-0.1, -0.05) is 0 Å². The summed E-state index contributed by atoms with van der Waals surface area (Å²) in [6.45, 7) is 1.91. The Hall–Kier alpha value is 1.67. The van der Waals surface area contributed by atoms with Gasteiger partial charge in [-0.2, -0.15) is 0 Å². The van der Waals surface area contributed by atoms with Crippen LogP contribution >= 0.6 is 26.8 Å². The molecule has 0 bridgehead atoms. The van der Waals surface area contributed by atoms with Gasteiger partial charge in [-0.25, -0.2) is 0 Å². The Bertz CT molecular complexity index is 38.5. The third kappa shape index (κ3) is 5.67. The molecule has 0 saturated heterocycles. The number of hydrogen-bond acceptors (Lipinski definition) is 0. The van der Waals surface area contributed by atoms with Gasteiger partial charge in [0, 0.05) is 0 Å². The Morgan fingerprint density at radius 1 is 1.33 bits per heavy atom. The zero-order valence-corrected chi connectivity index (χ0v) is 8.46. The molecule has 0 aliphatic carbocycles. The van der Waals surface area contributed by atoms with E-state index in [0.717, 1.165) is 4.44 Å². The quantitative estimate of drug-likeness (QED) is 0.631. The molecule has 0 radical (unpaired) electrons. The van der Waals surface area contributed by atoms with Crippen molar-refractivity contribution in [2.75, 3.05) is 0 Å². The van der Waals surface area contributed by atoms with E-state index in [2.05, 4.69) is 0 Å². The van der Waals surface area contributed by atoms with Crippen molar-refractivity contribution in [2.24, 2.45) is 0 Å². The van der Waals surface area contributed by atoms with Crippen LogP contribution < -0.4 is 0 Å². The van der Waals surface area contributed by atoms with Gasteiger partial charge in [0.2, 0.25) is 0 Å². The molecule has 0 aliphatic rings. The first kappa shape index (κ1) is 7.67. The van der Waals surface area contributed by atoms with E-state index in [9.17, 15) is 0 Å². The summed E-state index contributed by atoms with van der Waals surface area (Å²) in [5.41, 5.74) is 0. The maximum atomic E-state index is 5.46. The van der Waals surface area contributed by atoms with Gasteiger partial charge in [0.1, 0.15) is 0 Å². The Morgan fingerprint density at radius 3 is 1.50 bits per heavy atom. The van der Waals surface area contributed by atoms with Gasteiger partial charge in [-0.3, -0.25) is 0 Å². The van der Waals surface area contributed by atoms with Crippen LogP contribution in [0.2, 0.25) is 4.44 Å². The molecule has 0 aromatic rings. The Balaban J connectivity index is 3.17. The van der Waals surface area contributed by atoms with Gasteiger partial charge in [-0.05, 0) is 0 Å². The molecule has 0 unspecified atom stereocenters. The Labute approximate surface area is 52.8 Å². The molecular weight excluding hydrogens is 249 g/mol. The fourth-order valence-electron chi connectivity index (χ4n) is 0. The predicted molar refractivity (Wildman–Crippen MR) is 33.8 cm³/mol. The monoisotopic (exact) mass is 254 g/mol. The molecule has 0 rings (SSSR count). The van der Waals surface area contributed by atoms with Crippen molar-refractivity contribution in [3.8, 4) is 0 Å². The third-order valence-electron chi connectivity index (χ3n) is 0.401. The van der Waals surface area contributed by atoms with Crippen LogP contribution in [-0.2, 0) is 0 Å². The van der Waals surface area contributed by atoms with Crippen LogP contribution in [0, 0.1) is 0 Å². The zero-order chi connectivity index (χ0) is 5.21. The van der Waals surface area contributed by atoms with Gasteiger partial charge in [0.15, 0.2) is 0 Å². The fourth-order valence-corrected chi connectivity index (χ4v) is 0. The van der Waals surface area contributed by atoms with Crippen LogP contribution in [0.1, 0.15) is 6.92 Å². The molecule has 0 heterocycles. The second-order valence-electron chi connectivity index (χ2n) is 0.969. The van der Waals surface area contributed by atoms with Gasteiger partial charge in [0.05, 0.1) is 0 Å². The van der Waals surface area contributed by atoms with Gasteiger partial charge in [0.25, 0.3) is 0 Å². The van der Waals surface area contributed by atoms with Gasteiger partial charge >= 0.3 is 53.1 Å². The second-order valence-corrected chi connectivity index (χ2v) is 23.4. The minimum absolute atomic E-state index is 0.777. The van der Waals surface area contributed by atoms with Crippen molar-refractivity contribution in [1.29, 1.82) is 0 Å². The van der Waals surface area contributed by atoms with Crippen LogP contribution in [0.4, 0.5) is 0 Å². The molecule has 0 aromatic heterocycles. The first-order chi connectivity index (χ1) is 2.56. The van der Waals surface area contributed by atoms with Crippen LogP contribution in [0.5, 0.6) is 0 Å². The van der Waals surface area contributed by atoms with E-state index in [1.807, 2.05) is 6.92 Å². The molecule has 6 heavy (non-hydrogen) atoms. The van der Waals surface area contributed by atoms with Crippen LogP contribution in [0.15, 0.2) is 0 Å². The first-order valence-electron chi connectivity index (χ1n) is 1.63. The number of halogens is 3. The summed E-state index contributed by atoms with van der Waals surface area (Å²) in [6, 6.07) is 0. The summed E-state index contributed by atoms with van der Waals surface area (Å²) in [6.07, 6.45) is 0. The standard InChI is InChI=1S/C2H5.3ClH.Sn/c1-2;;;;/h1H2,2H3;3*1H;/q;;;;+3/p-3. The van der Waals surface area contributed by atoms with E-state index < -0.39 is 15.0 Å². The maximum absolute atomic E-state index is 5.46. The molecular formula is C2H5Cl3Sn. The molecule has 0 nitrogen and oxygen atoms in total. The van der Waals surface area contributed by atoms with Crippen LogP contribution in [0.25, 0.3) is 0 Å². The molecule has 0 saturated carbocycles. The Morgan fingerprint density at radius 2 is 1.50 bits per heavy atom.